The Bertz CT molecular complexity index is 454. The standard InChI is InChI=1S/C15H20N2S/c1-17(15(18)16-12-9-10-12)14-8-4-6-11-5-2-3-7-13(11)14/h2-3,5,7,12,14H,4,6,8-10H2,1H3,(H,16,18)/t14-/m0/s1. The van der Waals surface area contributed by atoms with Gasteiger partial charge in [0.05, 0.1) is 6.04 Å². The Labute approximate surface area is 114 Å². The minimum Gasteiger partial charge on any atom is -0.360 e. The molecule has 2 aliphatic carbocycles. The van der Waals surface area contributed by atoms with Crippen LogP contribution in [0.2, 0.25) is 0 Å². The third kappa shape index (κ3) is 2.37. The van der Waals surface area contributed by atoms with Crippen molar-refractivity contribution in [3.05, 3.63) is 35.4 Å². The van der Waals surface area contributed by atoms with Crippen LogP contribution in [0.1, 0.15) is 42.9 Å². The topological polar surface area (TPSA) is 15.3 Å². The Hall–Kier alpha value is -1.09. The zero-order chi connectivity index (χ0) is 12.5. The minimum atomic E-state index is 0.452. The first-order valence-electron chi connectivity index (χ1n) is 6.87. The molecule has 0 aromatic heterocycles. The fraction of sp³-hybridized carbons (Fsp3) is 0.533. The summed E-state index contributed by atoms with van der Waals surface area (Å²) in [5.41, 5.74) is 2.96. The molecule has 1 atom stereocenters. The lowest BCUT2D eigenvalue weighted by atomic mass is 9.87. The fourth-order valence-electron chi connectivity index (χ4n) is 2.78. The summed E-state index contributed by atoms with van der Waals surface area (Å²) in [6.45, 7) is 0. The van der Waals surface area contributed by atoms with Crippen LogP contribution < -0.4 is 5.32 Å². The van der Waals surface area contributed by atoms with Gasteiger partial charge in [-0.15, -0.1) is 0 Å². The van der Waals surface area contributed by atoms with Crippen molar-refractivity contribution < 1.29 is 0 Å². The van der Waals surface area contributed by atoms with E-state index in [-0.39, 0.29) is 0 Å². The van der Waals surface area contributed by atoms with Crippen LogP contribution in [0.3, 0.4) is 0 Å². The molecular weight excluding hydrogens is 240 g/mol. The SMILES string of the molecule is CN(C(=S)NC1CC1)[C@H]1CCCc2ccccc21. The van der Waals surface area contributed by atoms with Crippen molar-refractivity contribution in [2.24, 2.45) is 0 Å². The van der Waals surface area contributed by atoms with Crippen molar-refractivity contribution in [3.63, 3.8) is 0 Å². The second kappa shape index (κ2) is 4.88. The first kappa shape index (κ1) is 12.0. The van der Waals surface area contributed by atoms with Gasteiger partial charge in [-0.2, -0.15) is 0 Å². The molecule has 0 saturated heterocycles. The predicted molar refractivity (Wildman–Crippen MR) is 78.6 cm³/mol. The molecule has 1 aromatic rings. The average Bonchev–Trinajstić information content (AvgIpc) is 3.21. The summed E-state index contributed by atoms with van der Waals surface area (Å²) in [6, 6.07) is 9.89. The highest BCUT2D eigenvalue weighted by Crippen LogP contribution is 2.33. The van der Waals surface area contributed by atoms with E-state index in [0.717, 1.165) is 5.11 Å². The number of nitrogens with zero attached hydrogens (tertiary/aromatic N) is 1. The summed E-state index contributed by atoms with van der Waals surface area (Å²) in [4.78, 5) is 2.26. The van der Waals surface area contributed by atoms with Gasteiger partial charge >= 0.3 is 0 Å². The van der Waals surface area contributed by atoms with Crippen molar-refractivity contribution in [1.82, 2.24) is 10.2 Å². The predicted octanol–water partition coefficient (Wildman–Crippen LogP) is 3.03. The number of aryl methyl sites for hydroxylation is 1. The van der Waals surface area contributed by atoms with Crippen LogP contribution in [-0.2, 0) is 6.42 Å². The maximum absolute atomic E-state index is 5.52. The Balaban J connectivity index is 1.77. The van der Waals surface area contributed by atoms with Gasteiger partial charge in [0.2, 0.25) is 0 Å². The molecule has 96 valence electrons. The second-order valence-electron chi connectivity index (χ2n) is 5.44. The molecule has 0 amide bonds. The van der Waals surface area contributed by atoms with E-state index in [9.17, 15) is 0 Å². The summed E-state index contributed by atoms with van der Waals surface area (Å²) < 4.78 is 0. The van der Waals surface area contributed by atoms with E-state index in [4.69, 9.17) is 12.2 Å². The molecule has 3 heteroatoms. The molecule has 0 radical (unpaired) electrons. The number of rotatable bonds is 2. The van der Waals surface area contributed by atoms with Gasteiger partial charge in [0.1, 0.15) is 0 Å². The van der Waals surface area contributed by atoms with E-state index >= 15 is 0 Å². The Morgan fingerprint density at radius 3 is 2.83 bits per heavy atom. The molecule has 1 saturated carbocycles. The van der Waals surface area contributed by atoms with Gasteiger partial charge in [0.15, 0.2) is 5.11 Å². The molecular formula is C15H20N2S. The summed E-state index contributed by atoms with van der Waals surface area (Å²) in [7, 11) is 2.13. The van der Waals surface area contributed by atoms with Crippen molar-refractivity contribution >= 4 is 17.3 Å². The Morgan fingerprint density at radius 2 is 2.06 bits per heavy atom. The lowest BCUT2D eigenvalue weighted by molar-refractivity contribution is 0.328. The largest absolute Gasteiger partial charge is 0.360 e. The molecule has 0 aliphatic heterocycles. The van der Waals surface area contributed by atoms with Gasteiger partial charge in [-0.25, -0.2) is 0 Å². The number of thiocarbonyl (C=S) groups is 1. The van der Waals surface area contributed by atoms with Crippen molar-refractivity contribution in [2.45, 2.75) is 44.2 Å². The van der Waals surface area contributed by atoms with Gasteiger partial charge in [0.25, 0.3) is 0 Å². The maximum Gasteiger partial charge on any atom is 0.169 e. The summed E-state index contributed by atoms with van der Waals surface area (Å²) in [5, 5.41) is 4.36. The smallest absolute Gasteiger partial charge is 0.169 e. The van der Waals surface area contributed by atoms with Crippen LogP contribution in [0.5, 0.6) is 0 Å². The van der Waals surface area contributed by atoms with Crippen molar-refractivity contribution in [1.29, 1.82) is 0 Å². The highest BCUT2D eigenvalue weighted by atomic mass is 32.1. The Kier molecular flexibility index (Phi) is 3.25. The number of fused-ring (bicyclic) bond motifs is 1. The summed E-state index contributed by atoms with van der Waals surface area (Å²) in [5.74, 6) is 0. The second-order valence-corrected chi connectivity index (χ2v) is 5.83. The van der Waals surface area contributed by atoms with Crippen molar-refractivity contribution in [2.75, 3.05) is 7.05 Å². The molecule has 0 heterocycles. The number of nitrogens with one attached hydrogen (secondary N) is 1. The quantitative estimate of drug-likeness (QED) is 0.823. The van der Waals surface area contributed by atoms with Crippen LogP contribution in [0, 0.1) is 0 Å². The molecule has 1 N–H and O–H groups in total. The van der Waals surface area contributed by atoms with Crippen molar-refractivity contribution in [3.8, 4) is 0 Å². The van der Waals surface area contributed by atoms with E-state index < -0.39 is 0 Å². The molecule has 2 nitrogen and oxygen atoms in total. The first-order valence-corrected chi connectivity index (χ1v) is 7.27. The zero-order valence-electron chi connectivity index (χ0n) is 10.9. The third-order valence-electron chi connectivity index (χ3n) is 4.03. The van der Waals surface area contributed by atoms with E-state index in [1.807, 2.05) is 0 Å². The molecule has 0 bridgehead atoms. The highest BCUT2D eigenvalue weighted by Gasteiger charge is 2.28. The molecule has 2 aliphatic rings. The van der Waals surface area contributed by atoms with Crippen LogP contribution in [-0.4, -0.2) is 23.1 Å². The number of hydrogen-bond acceptors (Lipinski definition) is 1. The first-order chi connectivity index (χ1) is 8.75. The van der Waals surface area contributed by atoms with Gasteiger partial charge < -0.3 is 10.2 Å². The molecule has 3 rings (SSSR count). The fourth-order valence-corrected chi connectivity index (χ4v) is 3.07. The molecule has 0 unspecified atom stereocenters. The van der Waals surface area contributed by atoms with E-state index in [1.165, 1.54) is 43.2 Å². The molecule has 1 aromatic carbocycles. The monoisotopic (exact) mass is 260 g/mol. The van der Waals surface area contributed by atoms with E-state index in [1.54, 1.807) is 0 Å². The third-order valence-corrected chi connectivity index (χ3v) is 4.44. The molecule has 0 spiro atoms. The molecule has 1 fully saturated rings. The average molecular weight is 260 g/mol. The zero-order valence-corrected chi connectivity index (χ0v) is 11.7. The lowest BCUT2D eigenvalue weighted by Gasteiger charge is -2.35. The summed E-state index contributed by atoms with van der Waals surface area (Å²) >= 11 is 5.52. The minimum absolute atomic E-state index is 0.452. The lowest BCUT2D eigenvalue weighted by Crippen LogP contribution is -2.41. The van der Waals surface area contributed by atoms with Gasteiger partial charge in [-0.3, -0.25) is 0 Å². The van der Waals surface area contributed by atoms with Gasteiger partial charge in [-0.1, -0.05) is 24.3 Å². The van der Waals surface area contributed by atoms with E-state index in [2.05, 4.69) is 41.5 Å². The molecule has 18 heavy (non-hydrogen) atoms. The van der Waals surface area contributed by atoms with Gasteiger partial charge in [-0.05, 0) is 55.4 Å². The highest BCUT2D eigenvalue weighted by molar-refractivity contribution is 7.80. The number of hydrogen-bond donors (Lipinski definition) is 1. The van der Waals surface area contributed by atoms with Gasteiger partial charge in [0, 0.05) is 13.1 Å². The van der Waals surface area contributed by atoms with Crippen LogP contribution in [0.4, 0.5) is 0 Å². The van der Waals surface area contributed by atoms with Crippen LogP contribution >= 0.6 is 12.2 Å². The summed E-state index contributed by atoms with van der Waals surface area (Å²) in [6.07, 6.45) is 6.23. The number of benzene rings is 1. The van der Waals surface area contributed by atoms with Crippen LogP contribution in [0.15, 0.2) is 24.3 Å². The Morgan fingerprint density at radius 1 is 1.28 bits per heavy atom. The van der Waals surface area contributed by atoms with Crippen LogP contribution in [0.25, 0.3) is 0 Å². The normalized spacial score (nSPS) is 22.2. The maximum atomic E-state index is 5.52. The van der Waals surface area contributed by atoms with E-state index in [0.29, 0.717) is 12.1 Å².